The summed E-state index contributed by atoms with van der Waals surface area (Å²) in [4.78, 5) is 12.6. The molecule has 2 heterocycles. The van der Waals surface area contributed by atoms with Crippen LogP contribution < -0.4 is 5.32 Å². The Balaban J connectivity index is 1.67. The van der Waals surface area contributed by atoms with Gasteiger partial charge in [0.2, 0.25) is 5.91 Å². The number of halogens is 1. The predicted molar refractivity (Wildman–Crippen MR) is 119 cm³/mol. The molecule has 0 unspecified atom stereocenters. The van der Waals surface area contributed by atoms with Crippen molar-refractivity contribution < 1.29 is 9.21 Å². The Bertz CT molecular complexity index is 923. The molecule has 0 radical (unpaired) electrons. The third-order valence-corrected chi connectivity index (χ3v) is 5.85. The minimum absolute atomic E-state index is 0.0107. The summed E-state index contributed by atoms with van der Waals surface area (Å²) in [5.41, 5.74) is 1.09. The second-order valence-corrected chi connectivity index (χ2v) is 9.01. The number of thioether (sulfide) groups is 1. The van der Waals surface area contributed by atoms with E-state index in [1.807, 2.05) is 41.0 Å². The van der Waals surface area contributed by atoms with E-state index in [9.17, 15) is 4.79 Å². The normalized spacial score (nSPS) is 12.3. The fourth-order valence-corrected chi connectivity index (χ4v) is 4.02. The van der Waals surface area contributed by atoms with Crippen molar-refractivity contribution in [3.05, 3.63) is 52.7 Å². The maximum absolute atomic E-state index is 12.6. The monoisotopic (exact) mass is 476 g/mol. The van der Waals surface area contributed by atoms with E-state index in [2.05, 4.69) is 52.2 Å². The first-order chi connectivity index (χ1) is 14.0. The average molecular weight is 477 g/mol. The van der Waals surface area contributed by atoms with Crippen molar-refractivity contribution in [3.63, 3.8) is 0 Å². The van der Waals surface area contributed by atoms with Gasteiger partial charge in [-0.25, -0.2) is 0 Å². The van der Waals surface area contributed by atoms with E-state index in [1.165, 1.54) is 11.8 Å². The van der Waals surface area contributed by atoms with Crippen LogP contribution >= 0.6 is 27.7 Å². The molecule has 0 saturated carbocycles. The van der Waals surface area contributed by atoms with Gasteiger partial charge in [-0.1, -0.05) is 60.6 Å². The lowest BCUT2D eigenvalue weighted by atomic mass is 10.0. The summed E-state index contributed by atoms with van der Waals surface area (Å²) in [6.45, 7) is 7.09. The molecule has 0 aliphatic rings. The maximum Gasteiger partial charge on any atom is 0.230 e. The van der Waals surface area contributed by atoms with Gasteiger partial charge >= 0.3 is 0 Å². The van der Waals surface area contributed by atoms with Crippen LogP contribution in [0.2, 0.25) is 0 Å². The fourth-order valence-electron chi connectivity index (χ4n) is 3.00. The summed E-state index contributed by atoms with van der Waals surface area (Å²) in [7, 11) is 0. The largest absolute Gasteiger partial charge is 0.461 e. The van der Waals surface area contributed by atoms with E-state index < -0.39 is 0 Å². The summed E-state index contributed by atoms with van der Waals surface area (Å²) >= 11 is 4.84. The van der Waals surface area contributed by atoms with Crippen LogP contribution in [0.15, 0.2) is 56.7 Å². The minimum atomic E-state index is -0.0246. The smallest absolute Gasteiger partial charge is 0.230 e. The second kappa shape index (κ2) is 10.1. The number of hydrogen-bond acceptors (Lipinski definition) is 5. The van der Waals surface area contributed by atoms with Crippen molar-refractivity contribution in [1.29, 1.82) is 0 Å². The van der Waals surface area contributed by atoms with Gasteiger partial charge in [0.05, 0.1) is 18.1 Å². The molecule has 0 aliphatic carbocycles. The molecule has 2 aromatic heterocycles. The quantitative estimate of drug-likeness (QED) is 0.423. The van der Waals surface area contributed by atoms with Crippen LogP contribution in [0, 0.1) is 5.92 Å². The molecule has 0 aliphatic heterocycles. The molecular formula is C21H25BrN4O2S. The number of benzene rings is 1. The summed E-state index contributed by atoms with van der Waals surface area (Å²) in [5, 5.41) is 12.4. The first-order valence-corrected chi connectivity index (χ1v) is 11.4. The highest BCUT2D eigenvalue weighted by Crippen LogP contribution is 2.26. The lowest BCUT2D eigenvalue weighted by molar-refractivity contribution is -0.119. The molecule has 0 spiro atoms. The zero-order valence-electron chi connectivity index (χ0n) is 16.8. The number of rotatable bonds is 9. The molecule has 8 heteroatoms. The van der Waals surface area contributed by atoms with Crippen molar-refractivity contribution in [2.75, 3.05) is 5.75 Å². The number of carbonyl (C=O) groups is 1. The number of carbonyl (C=O) groups excluding carboxylic acids is 1. The van der Waals surface area contributed by atoms with E-state index in [0.717, 1.165) is 28.2 Å². The van der Waals surface area contributed by atoms with Gasteiger partial charge in [-0.15, -0.1) is 10.2 Å². The van der Waals surface area contributed by atoms with Gasteiger partial charge < -0.3 is 9.73 Å². The fraction of sp³-hybridized carbons (Fsp3) is 0.381. The zero-order valence-corrected chi connectivity index (χ0v) is 19.2. The van der Waals surface area contributed by atoms with Crippen LogP contribution in [0.5, 0.6) is 0 Å². The first-order valence-electron chi connectivity index (χ1n) is 9.62. The molecule has 0 bridgehead atoms. The Morgan fingerprint density at radius 1 is 1.24 bits per heavy atom. The minimum Gasteiger partial charge on any atom is -0.461 e. The lowest BCUT2D eigenvalue weighted by Crippen LogP contribution is -2.29. The van der Waals surface area contributed by atoms with E-state index in [-0.39, 0.29) is 17.7 Å². The number of amides is 1. The lowest BCUT2D eigenvalue weighted by Gasteiger charge is -2.17. The number of aromatic nitrogens is 3. The molecule has 1 N–H and O–H groups in total. The Labute approximate surface area is 183 Å². The van der Waals surface area contributed by atoms with Crippen molar-refractivity contribution in [3.8, 4) is 11.6 Å². The molecule has 3 rings (SSSR count). The van der Waals surface area contributed by atoms with E-state index in [1.54, 1.807) is 6.26 Å². The molecular weight excluding hydrogens is 452 g/mol. The highest BCUT2D eigenvalue weighted by Gasteiger charge is 2.19. The Kier molecular flexibility index (Phi) is 7.55. The summed E-state index contributed by atoms with van der Waals surface area (Å²) < 4.78 is 8.53. The molecule has 1 atom stereocenters. The standard InChI is InChI=1S/C21H25BrN4O2S/c1-4-17(15-7-9-16(22)10-8-15)23-19(27)13-29-21-25-24-20(18-6-5-11-28-18)26(21)12-14(2)3/h5-11,14,17H,4,12-13H2,1-3H3,(H,23,27)/t17-/m0/s1. The highest BCUT2D eigenvalue weighted by atomic mass is 79.9. The molecule has 1 amide bonds. The van der Waals surface area contributed by atoms with Gasteiger partial charge in [0.15, 0.2) is 16.7 Å². The molecule has 3 aromatic rings. The first kappa shape index (κ1) is 21.6. The summed E-state index contributed by atoms with van der Waals surface area (Å²) in [6, 6.07) is 11.7. The highest BCUT2D eigenvalue weighted by molar-refractivity contribution is 9.10. The molecule has 0 saturated heterocycles. The molecule has 6 nitrogen and oxygen atoms in total. The number of nitrogens with zero attached hydrogens (tertiary/aromatic N) is 3. The number of furan rings is 1. The van der Waals surface area contributed by atoms with Crippen LogP contribution in [-0.4, -0.2) is 26.4 Å². The van der Waals surface area contributed by atoms with Crippen molar-refractivity contribution >= 4 is 33.6 Å². The third kappa shape index (κ3) is 5.73. The Hall–Kier alpha value is -2.06. The van der Waals surface area contributed by atoms with Crippen LogP contribution in [-0.2, 0) is 11.3 Å². The predicted octanol–water partition coefficient (Wildman–Crippen LogP) is 5.32. The second-order valence-electron chi connectivity index (χ2n) is 7.16. The van der Waals surface area contributed by atoms with Gasteiger partial charge in [-0.2, -0.15) is 0 Å². The molecule has 154 valence electrons. The molecule has 1 aromatic carbocycles. The van der Waals surface area contributed by atoms with Gasteiger partial charge in [-0.05, 0) is 42.2 Å². The van der Waals surface area contributed by atoms with Crippen molar-refractivity contribution in [1.82, 2.24) is 20.1 Å². The van der Waals surface area contributed by atoms with Crippen LogP contribution in [0.4, 0.5) is 0 Å². The Morgan fingerprint density at radius 2 is 2.00 bits per heavy atom. The number of hydrogen-bond donors (Lipinski definition) is 1. The van der Waals surface area contributed by atoms with Gasteiger partial charge in [-0.3, -0.25) is 9.36 Å². The maximum atomic E-state index is 12.6. The Morgan fingerprint density at radius 3 is 2.62 bits per heavy atom. The topological polar surface area (TPSA) is 73.0 Å². The van der Waals surface area contributed by atoms with E-state index >= 15 is 0 Å². The average Bonchev–Trinajstić information content (AvgIpc) is 3.35. The van der Waals surface area contributed by atoms with Gasteiger partial charge in [0.25, 0.3) is 0 Å². The zero-order chi connectivity index (χ0) is 20.8. The van der Waals surface area contributed by atoms with E-state index in [0.29, 0.717) is 17.5 Å². The van der Waals surface area contributed by atoms with Gasteiger partial charge in [0.1, 0.15) is 0 Å². The van der Waals surface area contributed by atoms with Crippen molar-refractivity contribution in [2.45, 2.75) is 44.9 Å². The van der Waals surface area contributed by atoms with Crippen LogP contribution in [0.25, 0.3) is 11.6 Å². The molecule has 0 fully saturated rings. The van der Waals surface area contributed by atoms with Crippen molar-refractivity contribution in [2.24, 2.45) is 5.92 Å². The summed E-state index contributed by atoms with van der Waals surface area (Å²) in [5.74, 6) is 2.03. The third-order valence-electron chi connectivity index (χ3n) is 4.35. The van der Waals surface area contributed by atoms with E-state index in [4.69, 9.17) is 4.42 Å². The number of nitrogens with one attached hydrogen (secondary N) is 1. The van der Waals surface area contributed by atoms with Crippen LogP contribution in [0.3, 0.4) is 0 Å². The van der Waals surface area contributed by atoms with Crippen LogP contribution in [0.1, 0.15) is 38.8 Å². The summed E-state index contributed by atoms with van der Waals surface area (Å²) in [6.07, 6.45) is 2.45. The van der Waals surface area contributed by atoms with Gasteiger partial charge in [0, 0.05) is 11.0 Å². The molecule has 29 heavy (non-hydrogen) atoms. The SMILES string of the molecule is CC[C@H](NC(=O)CSc1nnc(-c2ccco2)n1CC(C)C)c1ccc(Br)cc1.